The average Bonchev–Trinajstić information content (AvgIpc) is 2.80. The van der Waals surface area contributed by atoms with Gasteiger partial charge in [-0.2, -0.15) is 0 Å². The molecule has 0 heterocycles. The van der Waals surface area contributed by atoms with Gasteiger partial charge in [-0.15, -0.1) is 0 Å². The Morgan fingerprint density at radius 3 is 2.17 bits per heavy atom. The number of hydrogen-bond donors (Lipinski definition) is 5. The van der Waals surface area contributed by atoms with Crippen LogP contribution < -0.4 is 0 Å². The molecule has 2 bridgehead atoms. The van der Waals surface area contributed by atoms with Crippen LogP contribution in [0.15, 0.2) is 0 Å². The van der Waals surface area contributed by atoms with Crippen molar-refractivity contribution in [1.82, 2.24) is 0 Å². The maximum atomic E-state index is 11.9. The van der Waals surface area contributed by atoms with E-state index in [1.807, 2.05) is 0 Å². The minimum Gasteiger partial charge on any atom is -0.462 e. The summed E-state index contributed by atoms with van der Waals surface area (Å²) in [5, 5.41) is 57.0. The Morgan fingerprint density at radius 1 is 0.966 bits per heavy atom. The topological polar surface area (TPSA) is 127 Å². The van der Waals surface area contributed by atoms with Gasteiger partial charge >= 0.3 is 5.97 Å². The van der Waals surface area contributed by atoms with Crippen molar-refractivity contribution < 1.29 is 35.1 Å². The molecule has 4 saturated carbocycles. The van der Waals surface area contributed by atoms with E-state index in [0.29, 0.717) is 12.8 Å². The van der Waals surface area contributed by atoms with Crippen molar-refractivity contribution in [1.29, 1.82) is 0 Å². The monoisotopic (exact) mass is 412 g/mol. The molecule has 0 aromatic carbocycles. The molecule has 0 aromatic heterocycles. The third-order valence-corrected chi connectivity index (χ3v) is 9.52. The SMILES string of the molecule is CC(=O)O[C@H]1[C@H]2CC[C@H]3[C@@](C)(O)[C@H]4C[C@H](O)C(C)(C)[C@@]4(O)[C@H](O)C[C@@]13C[C@@]2(C)O. The number of aliphatic hydroxyl groups excluding tert-OH is 2. The Morgan fingerprint density at radius 2 is 1.59 bits per heavy atom. The largest absolute Gasteiger partial charge is 0.462 e. The molecule has 0 radical (unpaired) electrons. The number of hydrogen-bond acceptors (Lipinski definition) is 7. The molecule has 1 spiro atoms. The van der Waals surface area contributed by atoms with E-state index >= 15 is 0 Å². The zero-order valence-corrected chi connectivity index (χ0v) is 18.1. The standard InChI is InChI=1S/C22H36O7/c1-11(23)29-17-12-6-7-13-20(5,27)14-8-15(24)18(2,3)22(14,28)16(25)9-21(13,17)10-19(12,4)26/h12-17,24-28H,6-10H2,1-5H3/t12-,13+,14-,15+,16-,17+,19-,20-,21+,22+/m1/s1. The van der Waals surface area contributed by atoms with Crippen molar-refractivity contribution in [2.24, 2.45) is 28.6 Å². The van der Waals surface area contributed by atoms with Crippen molar-refractivity contribution in [2.45, 2.75) is 102 Å². The van der Waals surface area contributed by atoms with E-state index in [0.717, 1.165) is 0 Å². The van der Waals surface area contributed by atoms with Crippen LogP contribution in [0.25, 0.3) is 0 Å². The first-order valence-corrected chi connectivity index (χ1v) is 10.8. The lowest BCUT2D eigenvalue weighted by molar-refractivity contribution is -0.202. The van der Waals surface area contributed by atoms with Gasteiger partial charge in [0.05, 0.1) is 23.4 Å². The third-order valence-electron chi connectivity index (χ3n) is 9.52. The van der Waals surface area contributed by atoms with Crippen molar-refractivity contribution in [3.05, 3.63) is 0 Å². The smallest absolute Gasteiger partial charge is 0.302 e. The second kappa shape index (κ2) is 5.94. The van der Waals surface area contributed by atoms with Gasteiger partial charge < -0.3 is 30.3 Å². The van der Waals surface area contributed by atoms with Crippen LogP contribution in [0, 0.1) is 28.6 Å². The highest BCUT2D eigenvalue weighted by Gasteiger charge is 2.77. The van der Waals surface area contributed by atoms with Crippen LogP contribution in [0.1, 0.15) is 66.7 Å². The number of carbonyl (C=O) groups is 1. The minimum absolute atomic E-state index is 0.0988. The second-order valence-electron chi connectivity index (χ2n) is 11.3. The predicted octanol–water partition coefficient (Wildman–Crippen LogP) is 0.739. The van der Waals surface area contributed by atoms with E-state index in [1.54, 1.807) is 27.7 Å². The molecule has 4 aliphatic rings. The molecule has 0 saturated heterocycles. The normalized spacial score (nSPS) is 58.3. The van der Waals surface area contributed by atoms with Gasteiger partial charge in [0.15, 0.2) is 0 Å². The molecular formula is C22H36O7. The fraction of sp³-hybridized carbons (Fsp3) is 0.955. The van der Waals surface area contributed by atoms with Gasteiger partial charge in [-0.1, -0.05) is 13.8 Å². The van der Waals surface area contributed by atoms with Gasteiger partial charge in [-0.05, 0) is 51.9 Å². The molecule has 0 aromatic rings. The minimum atomic E-state index is -1.70. The molecule has 7 heteroatoms. The van der Waals surface area contributed by atoms with Crippen molar-refractivity contribution in [3.8, 4) is 0 Å². The zero-order valence-electron chi connectivity index (χ0n) is 18.1. The average molecular weight is 413 g/mol. The lowest BCUT2D eigenvalue weighted by Crippen LogP contribution is -2.60. The number of rotatable bonds is 1. The van der Waals surface area contributed by atoms with Crippen LogP contribution in [0.3, 0.4) is 0 Å². The second-order valence-corrected chi connectivity index (χ2v) is 11.3. The summed E-state index contributed by atoms with van der Waals surface area (Å²) in [7, 11) is 0. The lowest BCUT2D eigenvalue weighted by Gasteiger charge is -2.51. The van der Waals surface area contributed by atoms with Gasteiger partial charge in [-0.25, -0.2) is 0 Å². The summed E-state index contributed by atoms with van der Waals surface area (Å²) in [4.78, 5) is 11.9. The van der Waals surface area contributed by atoms with Crippen LogP contribution in [-0.2, 0) is 9.53 Å². The molecule has 0 unspecified atom stereocenters. The fourth-order valence-electron chi connectivity index (χ4n) is 8.14. The summed E-state index contributed by atoms with van der Waals surface area (Å²) in [6, 6.07) is 0. The highest BCUT2D eigenvalue weighted by Crippen LogP contribution is 2.70. The summed E-state index contributed by atoms with van der Waals surface area (Å²) in [6.45, 7) is 8.20. The van der Waals surface area contributed by atoms with Crippen LogP contribution in [0.5, 0.6) is 0 Å². The van der Waals surface area contributed by atoms with Crippen LogP contribution >= 0.6 is 0 Å². The van der Waals surface area contributed by atoms with E-state index in [4.69, 9.17) is 4.74 Å². The molecule has 4 rings (SSSR count). The maximum absolute atomic E-state index is 11.9. The van der Waals surface area contributed by atoms with Gasteiger partial charge in [0.2, 0.25) is 0 Å². The quantitative estimate of drug-likeness (QED) is 0.402. The van der Waals surface area contributed by atoms with Crippen molar-refractivity contribution in [3.63, 3.8) is 0 Å². The van der Waals surface area contributed by atoms with Crippen LogP contribution in [0.4, 0.5) is 0 Å². The van der Waals surface area contributed by atoms with Crippen molar-refractivity contribution >= 4 is 5.97 Å². The Labute approximate surface area is 172 Å². The highest BCUT2D eigenvalue weighted by molar-refractivity contribution is 5.66. The third kappa shape index (κ3) is 2.45. The molecule has 4 aliphatic carbocycles. The van der Waals surface area contributed by atoms with E-state index in [-0.39, 0.29) is 31.1 Å². The maximum Gasteiger partial charge on any atom is 0.302 e. The number of esters is 1. The summed E-state index contributed by atoms with van der Waals surface area (Å²) >= 11 is 0. The van der Waals surface area contributed by atoms with E-state index in [2.05, 4.69) is 0 Å². The molecule has 4 fully saturated rings. The first-order valence-electron chi connectivity index (χ1n) is 10.8. The summed E-state index contributed by atoms with van der Waals surface area (Å²) in [5.41, 5.74) is -6.08. The molecule has 5 N–H and O–H groups in total. The number of aliphatic hydroxyl groups is 5. The van der Waals surface area contributed by atoms with Gasteiger partial charge in [-0.3, -0.25) is 4.79 Å². The predicted molar refractivity (Wildman–Crippen MR) is 104 cm³/mol. The first-order chi connectivity index (χ1) is 13.1. The number of fused-ring (bicyclic) bond motifs is 2. The van der Waals surface area contributed by atoms with E-state index in [1.165, 1.54) is 6.92 Å². The lowest BCUT2D eigenvalue weighted by atomic mass is 9.57. The first kappa shape index (κ1) is 21.5. The zero-order chi connectivity index (χ0) is 21.8. The molecule has 0 amide bonds. The molecule has 10 atom stereocenters. The Balaban J connectivity index is 1.90. The molecule has 29 heavy (non-hydrogen) atoms. The molecule has 7 nitrogen and oxygen atoms in total. The number of ether oxygens (including phenoxy) is 1. The van der Waals surface area contributed by atoms with Crippen molar-refractivity contribution in [2.75, 3.05) is 0 Å². The summed E-state index contributed by atoms with van der Waals surface area (Å²) in [5.74, 6) is -1.86. The fourth-order valence-corrected chi connectivity index (χ4v) is 8.14. The van der Waals surface area contributed by atoms with Crippen LogP contribution in [-0.4, -0.2) is 66.6 Å². The van der Waals surface area contributed by atoms with Gasteiger partial charge in [0.1, 0.15) is 11.7 Å². The van der Waals surface area contributed by atoms with E-state index in [9.17, 15) is 30.3 Å². The molecule has 0 aliphatic heterocycles. The Kier molecular flexibility index (Phi) is 4.41. The van der Waals surface area contributed by atoms with Crippen LogP contribution in [0.2, 0.25) is 0 Å². The Bertz CT molecular complexity index is 716. The van der Waals surface area contributed by atoms with Gasteiger partial charge in [0, 0.05) is 29.6 Å². The van der Waals surface area contributed by atoms with E-state index < -0.39 is 57.8 Å². The summed E-state index contributed by atoms with van der Waals surface area (Å²) < 4.78 is 5.75. The molecular weight excluding hydrogens is 376 g/mol. The Hall–Kier alpha value is -0.730. The highest BCUT2D eigenvalue weighted by atomic mass is 16.5. The van der Waals surface area contributed by atoms with Gasteiger partial charge in [0.25, 0.3) is 0 Å². The molecule has 166 valence electrons. The summed E-state index contributed by atoms with van der Waals surface area (Å²) in [6.07, 6.45) is -0.985. The number of carbonyl (C=O) groups excluding carboxylic acids is 1.